The molecule has 0 amide bonds. The van der Waals surface area contributed by atoms with Crippen molar-refractivity contribution in [1.82, 2.24) is 5.01 Å². The van der Waals surface area contributed by atoms with Crippen molar-refractivity contribution in [3.63, 3.8) is 0 Å². The molecule has 11 heavy (non-hydrogen) atoms. The number of hydrogen-bond acceptors (Lipinski definition) is 2. The number of halogens is 3. The molecule has 0 fully saturated rings. The van der Waals surface area contributed by atoms with Crippen LogP contribution < -0.4 is 0 Å². The van der Waals surface area contributed by atoms with Gasteiger partial charge in [0.05, 0.1) is 0 Å². The van der Waals surface area contributed by atoms with Crippen LogP contribution in [0.15, 0.2) is 5.10 Å². The van der Waals surface area contributed by atoms with Gasteiger partial charge in [-0.3, -0.25) is 5.01 Å². The maximum absolute atomic E-state index is 11.7. The van der Waals surface area contributed by atoms with Crippen LogP contribution >= 0.6 is 0 Å². The third-order valence-electron chi connectivity index (χ3n) is 1.41. The Morgan fingerprint density at radius 2 is 2.18 bits per heavy atom. The highest BCUT2D eigenvalue weighted by atomic mass is 19.4. The van der Waals surface area contributed by atoms with Crippen LogP contribution in [0, 0.1) is 0 Å². The van der Waals surface area contributed by atoms with Crippen LogP contribution in [-0.4, -0.2) is 30.0 Å². The van der Waals surface area contributed by atoms with E-state index in [2.05, 4.69) is 5.10 Å². The number of rotatable bonds is 1. The maximum atomic E-state index is 11.7. The first-order valence-corrected chi connectivity index (χ1v) is 3.33. The summed E-state index contributed by atoms with van der Waals surface area (Å²) in [4.78, 5) is 0. The van der Waals surface area contributed by atoms with Crippen LogP contribution in [0.1, 0.15) is 13.3 Å². The Bertz CT molecular complexity index is 173. The lowest BCUT2D eigenvalue weighted by atomic mass is 10.3. The Morgan fingerprint density at radius 1 is 1.55 bits per heavy atom. The number of hydrogen-bond donors (Lipinski definition) is 0. The van der Waals surface area contributed by atoms with E-state index in [0.29, 0.717) is 13.0 Å². The van der Waals surface area contributed by atoms with Crippen molar-refractivity contribution < 1.29 is 13.2 Å². The highest BCUT2D eigenvalue weighted by Gasteiger charge is 2.31. The smallest absolute Gasteiger partial charge is 0.288 e. The summed E-state index contributed by atoms with van der Waals surface area (Å²) in [5.41, 5.74) is 0.772. The van der Waals surface area contributed by atoms with E-state index in [1.165, 1.54) is 0 Å². The van der Waals surface area contributed by atoms with E-state index in [1.54, 1.807) is 6.92 Å². The van der Waals surface area contributed by atoms with Crippen molar-refractivity contribution in [2.45, 2.75) is 19.5 Å². The lowest BCUT2D eigenvalue weighted by Gasteiger charge is -2.15. The molecular formula is C6H9F3N2. The van der Waals surface area contributed by atoms with Gasteiger partial charge in [-0.1, -0.05) is 0 Å². The fourth-order valence-electron chi connectivity index (χ4n) is 0.954. The van der Waals surface area contributed by atoms with Gasteiger partial charge in [0.15, 0.2) is 0 Å². The number of nitrogens with zero attached hydrogens (tertiary/aromatic N) is 2. The molecule has 0 saturated carbocycles. The minimum Gasteiger partial charge on any atom is -0.288 e. The predicted octanol–water partition coefficient (Wildman–Crippen LogP) is 1.63. The molecule has 0 N–H and O–H groups in total. The zero-order valence-corrected chi connectivity index (χ0v) is 6.15. The highest BCUT2D eigenvalue weighted by Crippen LogP contribution is 2.18. The fraction of sp³-hybridized carbons (Fsp3) is 0.833. The van der Waals surface area contributed by atoms with Gasteiger partial charge in [-0.05, 0) is 6.92 Å². The van der Waals surface area contributed by atoms with Gasteiger partial charge in [0.2, 0.25) is 0 Å². The molecule has 1 heterocycles. The second-order valence-corrected chi connectivity index (χ2v) is 2.59. The molecule has 0 radical (unpaired) electrons. The maximum Gasteiger partial charge on any atom is 0.407 e. The third kappa shape index (κ3) is 2.78. The molecule has 0 atom stereocenters. The molecule has 0 aromatic heterocycles. The van der Waals surface area contributed by atoms with Crippen LogP contribution in [0.25, 0.3) is 0 Å². The molecule has 0 aromatic rings. The Morgan fingerprint density at radius 3 is 2.55 bits per heavy atom. The Hall–Kier alpha value is -0.740. The summed E-state index contributed by atoms with van der Waals surface area (Å²) in [6.07, 6.45) is -3.48. The SMILES string of the molecule is CC1=NN(CC(F)(F)F)CC1. The van der Waals surface area contributed by atoms with Crippen LogP contribution in [0.3, 0.4) is 0 Å². The van der Waals surface area contributed by atoms with Crippen molar-refractivity contribution in [3.05, 3.63) is 0 Å². The summed E-state index contributed by atoms with van der Waals surface area (Å²) in [7, 11) is 0. The van der Waals surface area contributed by atoms with Gasteiger partial charge in [-0.25, -0.2) is 0 Å². The molecule has 1 aliphatic heterocycles. The van der Waals surface area contributed by atoms with Gasteiger partial charge in [-0.15, -0.1) is 0 Å². The molecule has 0 spiro atoms. The zero-order valence-electron chi connectivity index (χ0n) is 6.15. The normalized spacial score (nSPS) is 18.9. The third-order valence-corrected chi connectivity index (χ3v) is 1.41. The predicted molar refractivity (Wildman–Crippen MR) is 35.4 cm³/mol. The number of hydrazone groups is 1. The van der Waals surface area contributed by atoms with Gasteiger partial charge in [0, 0.05) is 18.7 Å². The van der Waals surface area contributed by atoms with E-state index in [0.717, 1.165) is 10.7 Å². The van der Waals surface area contributed by atoms with Gasteiger partial charge in [0.25, 0.3) is 0 Å². The largest absolute Gasteiger partial charge is 0.407 e. The van der Waals surface area contributed by atoms with Crippen molar-refractivity contribution in [3.8, 4) is 0 Å². The number of alkyl halides is 3. The van der Waals surface area contributed by atoms with Gasteiger partial charge in [0.1, 0.15) is 6.54 Å². The molecule has 1 rings (SSSR count). The second-order valence-electron chi connectivity index (χ2n) is 2.59. The lowest BCUT2D eigenvalue weighted by Crippen LogP contribution is -2.28. The van der Waals surface area contributed by atoms with E-state index in [4.69, 9.17) is 0 Å². The molecule has 0 unspecified atom stereocenters. The van der Waals surface area contributed by atoms with E-state index < -0.39 is 12.7 Å². The zero-order chi connectivity index (χ0) is 8.48. The highest BCUT2D eigenvalue weighted by molar-refractivity contribution is 5.82. The van der Waals surface area contributed by atoms with Crippen LogP contribution in [0.5, 0.6) is 0 Å². The van der Waals surface area contributed by atoms with E-state index in [1.807, 2.05) is 0 Å². The van der Waals surface area contributed by atoms with Crippen molar-refractivity contribution in [2.24, 2.45) is 5.10 Å². The molecule has 0 saturated heterocycles. The monoisotopic (exact) mass is 166 g/mol. The standard InChI is InChI=1S/C6H9F3N2/c1-5-2-3-11(10-5)4-6(7,8)9/h2-4H2,1H3. The minimum absolute atomic E-state index is 0.394. The van der Waals surface area contributed by atoms with Crippen LogP contribution in [0.4, 0.5) is 13.2 Å². The fourth-order valence-corrected chi connectivity index (χ4v) is 0.954. The van der Waals surface area contributed by atoms with E-state index in [9.17, 15) is 13.2 Å². The Kier molecular flexibility index (Phi) is 2.06. The summed E-state index contributed by atoms with van der Waals surface area (Å²) in [6, 6.07) is 0. The molecule has 0 aliphatic carbocycles. The van der Waals surface area contributed by atoms with E-state index in [-0.39, 0.29) is 0 Å². The molecule has 0 bridgehead atoms. The van der Waals surface area contributed by atoms with Crippen LogP contribution in [0.2, 0.25) is 0 Å². The first kappa shape index (κ1) is 8.36. The average Bonchev–Trinajstić information content (AvgIpc) is 2.10. The van der Waals surface area contributed by atoms with Crippen molar-refractivity contribution >= 4 is 5.71 Å². The molecule has 2 nitrogen and oxygen atoms in total. The minimum atomic E-state index is -4.13. The average molecular weight is 166 g/mol. The molecule has 64 valence electrons. The quantitative estimate of drug-likeness (QED) is 0.578. The van der Waals surface area contributed by atoms with E-state index >= 15 is 0 Å². The van der Waals surface area contributed by atoms with Gasteiger partial charge in [-0.2, -0.15) is 18.3 Å². The summed E-state index contributed by atoms with van der Waals surface area (Å²) in [5, 5.41) is 4.75. The van der Waals surface area contributed by atoms with Gasteiger partial charge >= 0.3 is 6.18 Å². The van der Waals surface area contributed by atoms with Crippen molar-refractivity contribution in [1.29, 1.82) is 0 Å². The molecular weight excluding hydrogens is 157 g/mol. The summed E-state index contributed by atoms with van der Waals surface area (Å²) in [5.74, 6) is 0. The lowest BCUT2D eigenvalue weighted by molar-refractivity contribution is -0.144. The Labute approximate surface area is 62.7 Å². The van der Waals surface area contributed by atoms with Crippen LogP contribution in [-0.2, 0) is 0 Å². The Balaban J connectivity index is 2.40. The topological polar surface area (TPSA) is 15.6 Å². The van der Waals surface area contributed by atoms with Gasteiger partial charge < -0.3 is 0 Å². The summed E-state index contributed by atoms with van der Waals surface area (Å²) in [6.45, 7) is 1.20. The molecule has 0 aromatic carbocycles. The second kappa shape index (κ2) is 2.71. The molecule has 1 aliphatic rings. The first-order valence-electron chi connectivity index (χ1n) is 3.33. The van der Waals surface area contributed by atoms with Crippen molar-refractivity contribution in [2.75, 3.05) is 13.1 Å². The molecule has 5 heteroatoms. The summed E-state index contributed by atoms with van der Waals surface area (Å²) < 4.78 is 35.2. The summed E-state index contributed by atoms with van der Waals surface area (Å²) >= 11 is 0. The first-order chi connectivity index (χ1) is 4.97.